The smallest absolute Gasteiger partial charge is 0.258 e. The third-order valence-electron chi connectivity index (χ3n) is 8.97. The first-order chi connectivity index (χ1) is 21.4. The molecule has 3 aliphatic heterocycles. The number of hydrogen-bond donors (Lipinski definition) is 4. The van der Waals surface area contributed by atoms with Crippen LogP contribution >= 0.6 is 0 Å². The zero-order valence-corrected chi connectivity index (χ0v) is 26.6. The number of amides is 1. The number of hydrogen-bond acceptors (Lipinski definition) is 8. The number of aromatic nitrogens is 2. The SMILES string of the molecule is CN1CCN(c2ccc(C(=O)Nc3n[nH]c4c3CN(S(=O)(=O)c3cc(F)cc(F)c3)CC4(C)C)c(NCC3CCCN3)c2)CC1. The highest BCUT2D eigenvalue weighted by Gasteiger charge is 2.41. The Labute approximate surface area is 262 Å². The van der Waals surface area contributed by atoms with Crippen LogP contribution in [0.4, 0.5) is 26.0 Å². The van der Waals surface area contributed by atoms with Gasteiger partial charge in [0.2, 0.25) is 10.0 Å². The van der Waals surface area contributed by atoms with Crippen molar-refractivity contribution < 1.29 is 22.0 Å². The minimum Gasteiger partial charge on any atom is -0.383 e. The van der Waals surface area contributed by atoms with E-state index in [2.05, 4.69) is 43.0 Å². The summed E-state index contributed by atoms with van der Waals surface area (Å²) in [5.41, 5.74) is 2.64. The summed E-state index contributed by atoms with van der Waals surface area (Å²) in [5, 5.41) is 17.3. The van der Waals surface area contributed by atoms with Crippen molar-refractivity contribution in [3.05, 3.63) is 64.9 Å². The third-order valence-corrected chi connectivity index (χ3v) is 10.7. The molecule has 0 bridgehead atoms. The van der Waals surface area contributed by atoms with Crippen molar-refractivity contribution in [1.82, 2.24) is 24.7 Å². The van der Waals surface area contributed by atoms with E-state index in [1.165, 1.54) is 4.31 Å². The third kappa shape index (κ3) is 6.55. The summed E-state index contributed by atoms with van der Waals surface area (Å²) in [4.78, 5) is 18.0. The van der Waals surface area contributed by atoms with Crippen molar-refractivity contribution in [2.75, 3.05) is 68.4 Å². The van der Waals surface area contributed by atoms with Gasteiger partial charge < -0.3 is 25.8 Å². The van der Waals surface area contributed by atoms with Crippen LogP contribution in [0.3, 0.4) is 0 Å². The number of carbonyl (C=O) groups excluding carboxylic acids is 1. The van der Waals surface area contributed by atoms with Gasteiger partial charge in [-0.3, -0.25) is 9.89 Å². The standard InChI is InChI=1S/C31H40F2N8O3S/c1-31(2)19-41(45(43,44)24-14-20(32)13-21(33)15-24)18-26-28(31)37-38-29(26)36-30(42)25-7-6-23(40-11-9-39(3)10-12-40)16-27(25)35-17-22-5-4-8-34-22/h6-7,13-16,22,34-35H,4-5,8-12,17-19H2,1-3H3,(H2,36,37,38,42). The maximum absolute atomic E-state index is 14.0. The fourth-order valence-corrected chi connectivity index (χ4v) is 8.02. The van der Waals surface area contributed by atoms with E-state index in [0.29, 0.717) is 41.2 Å². The van der Waals surface area contributed by atoms with Gasteiger partial charge >= 0.3 is 0 Å². The van der Waals surface area contributed by atoms with Crippen molar-refractivity contribution in [3.63, 3.8) is 0 Å². The highest BCUT2D eigenvalue weighted by Crippen LogP contribution is 2.38. The van der Waals surface area contributed by atoms with E-state index in [1.807, 2.05) is 32.0 Å². The van der Waals surface area contributed by atoms with Crippen molar-refractivity contribution >= 4 is 33.1 Å². The molecule has 0 spiro atoms. The number of nitrogens with one attached hydrogen (secondary N) is 4. The second-order valence-corrected chi connectivity index (χ2v) is 14.8. The molecule has 1 atom stereocenters. The Hall–Kier alpha value is -3.59. The summed E-state index contributed by atoms with van der Waals surface area (Å²) >= 11 is 0. The number of benzene rings is 2. The van der Waals surface area contributed by atoms with E-state index in [0.717, 1.165) is 63.4 Å². The lowest BCUT2D eigenvalue weighted by Crippen LogP contribution is -2.45. The number of likely N-dealkylation sites (N-methyl/N-ethyl adjacent to an activating group) is 1. The van der Waals surface area contributed by atoms with Crippen molar-refractivity contribution in [3.8, 4) is 0 Å². The molecular formula is C31H40F2N8O3S. The molecule has 242 valence electrons. The number of carbonyl (C=O) groups is 1. The van der Waals surface area contributed by atoms with Gasteiger partial charge in [-0.25, -0.2) is 17.2 Å². The molecule has 4 heterocycles. The number of aromatic amines is 1. The van der Waals surface area contributed by atoms with E-state index in [9.17, 15) is 22.0 Å². The zero-order valence-electron chi connectivity index (χ0n) is 25.8. The maximum atomic E-state index is 14.0. The van der Waals surface area contributed by atoms with Gasteiger partial charge in [-0.05, 0) is 56.8 Å². The first kappa shape index (κ1) is 31.4. The molecule has 11 nitrogen and oxygen atoms in total. The first-order valence-corrected chi connectivity index (χ1v) is 16.7. The van der Waals surface area contributed by atoms with Gasteiger partial charge in [-0.15, -0.1) is 0 Å². The fraction of sp³-hybridized carbons (Fsp3) is 0.484. The molecule has 0 radical (unpaired) electrons. The van der Waals surface area contributed by atoms with Crippen molar-refractivity contribution in [1.29, 1.82) is 0 Å². The van der Waals surface area contributed by atoms with Crippen LogP contribution in [-0.4, -0.2) is 92.6 Å². The van der Waals surface area contributed by atoms with Gasteiger partial charge in [-0.2, -0.15) is 9.40 Å². The summed E-state index contributed by atoms with van der Waals surface area (Å²) in [6, 6.07) is 8.34. The molecule has 3 aromatic rings. The second-order valence-electron chi connectivity index (χ2n) is 12.8. The van der Waals surface area contributed by atoms with Crippen LogP contribution in [0.15, 0.2) is 41.3 Å². The Morgan fingerprint density at radius 2 is 1.82 bits per heavy atom. The highest BCUT2D eigenvalue weighted by molar-refractivity contribution is 7.89. The molecule has 45 heavy (non-hydrogen) atoms. The molecule has 14 heteroatoms. The van der Waals surface area contributed by atoms with Gasteiger partial charge in [-0.1, -0.05) is 13.8 Å². The molecule has 2 fully saturated rings. The number of rotatable bonds is 8. The van der Waals surface area contributed by atoms with Crippen LogP contribution in [0, 0.1) is 11.6 Å². The summed E-state index contributed by atoms with van der Waals surface area (Å²) < 4.78 is 56.1. The van der Waals surface area contributed by atoms with Crippen molar-refractivity contribution in [2.45, 2.75) is 49.6 Å². The number of sulfonamides is 1. The maximum Gasteiger partial charge on any atom is 0.258 e. The Bertz CT molecular complexity index is 1660. The molecule has 3 aliphatic rings. The average Bonchev–Trinajstić information content (AvgIpc) is 3.66. The normalized spacial score (nSPS) is 20.6. The van der Waals surface area contributed by atoms with Gasteiger partial charge in [0.1, 0.15) is 11.6 Å². The number of fused-ring (bicyclic) bond motifs is 1. The molecule has 1 unspecified atom stereocenters. The van der Waals surface area contributed by atoms with E-state index >= 15 is 0 Å². The fourth-order valence-electron chi connectivity index (χ4n) is 6.41. The summed E-state index contributed by atoms with van der Waals surface area (Å²) in [6.07, 6.45) is 2.17. The number of nitrogens with zero attached hydrogens (tertiary/aromatic N) is 4. The Morgan fingerprint density at radius 3 is 2.51 bits per heavy atom. The molecule has 0 aliphatic carbocycles. The van der Waals surface area contributed by atoms with Gasteiger partial charge in [0.25, 0.3) is 5.91 Å². The second kappa shape index (κ2) is 12.3. The Balaban J connectivity index is 1.27. The molecule has 0 saturated carbocycles. The molecule has 2 saturated heterocycles. The van der Waals surface area contributed by atoms with Crippen LogP contribution < -0.4 is 20.9 Å². The van der Waals surface area contributed by atoms with Crippen LogP contribution in [0.2, 0.25) is 0 Å². The zero-order chi connectivity index (χ0) is 31.9. The minimum absolute atomic E-state index is 0.0487. The molecular weight excluding hydrogens is 602 g/mol. The highest BCUT2D eigenvalue weighted by atomic mass is 32.2. The minimum atomic E-state index is -4.26. The molecule has 2 aromatic carbocycles. The lowest BCUT2D eigenvalue weighted by atomic mass is 9.84. The lowest BCUT2D eigenvalue weighted by Gasteiger charge is -2.36. The van der Waals surface area contributed by atoms with Gasteiger partial charge in [0, 0.05) is 86.0 Å². The van der Waals surface area contributed by atoms with Gasteiger partial charge in [0.05, 0.1) is 10.5 Å². The van der Waals surface area contributed by atoms with E-state index < -0.39 is 32.0 Å². The summed E-state index contributed by atoms with van der Waals surface area (Å²) in [7, 11) is -2.15. The Morgan fingerprint density at radius 1 is 1.09 bits per heavy atom. The number of H-pyrrole nitrogens is 1. The van der Waals surface area contributed by atoms with Crippen LogP contribution in [0.1, 0.15) is 48.3 Å². The largest absolute Gasteiger partial charge is 0.383 e. The predicted octanol–water partition coefficient (Wildman–Crippen LogP) is 3.34. The molecule has 1 amide bonds. The van der Waals surface area contributed by atoms with E-state index in [4.69, 9.17) is 0 Å². The predicted molar refractivity (Wildman–Crippen MR) is 169 cm³/mol. The number of halogens is 2. The van der Waals surface area contributed by atoms with Crippen LogP contribution in [0.5, 0.6) is 0 Å². The topological polar surface area (TPSA) is 126 Å². The van der Waals surface area contributed by atoms with Crippen LogP contribution in [-0.2, 0) is 22.0 Å². The molecule has 1 aromatic heterocycles. The average molecular weight is 643 g/mol. The first-order valence-electron chi connectivity index (χ1n) is 15.3. The molecule has 6 rings (SSSR count). The quantitative estimate of drug-likeness (QED) is 0.295. The number of piperazine rings is 1. The summed E-state index contributed by atoms with van der Waals surface area (Å²) in [6.45, 7) is 8.95. The monoisotopic (exact) mass is 642 g/mol. The van der Waals surface area contributed by atoms with Crippen LogP contribution in [0.25, 0.3) is 0 Å². The lowest BCUT2D eigenvalue weighted by molar-refractivity contribution is 0.102. The van der Waals surface area contributed by atoms with Gasteiger partial charge in [0.15, 0.2) is 5.82 Å². The summed E-state index contributed by atoms with van der Waals surface area (Å²) in [5.74, 6) is -2.14. The number of anilines is 3. The van der Waals surface area contributed by atoms with E-state index in [-0.39, 0.29) is 24.8 Å². The van der Waals surface area contributed by atoms with Crippen molar-refractivity contribution in [2.24, 2.45) is 0 Å². The van der Waals surface area contributed by atoms with E-state index in [1.54, 1.807) is 0 Å². The molecule has 4 N–H and O–H groups in total. The Kier molecular flexibility index (Phi) is 8.59.